The van der Waals surface area contributed by atoms with E-state index < -0.39 is 5.41 Å². The second-order valence-corrected chi connectivity index (χ2v) is 7.22. The van der Waals surface area contributed by atoms with Gasteiger partial charge in [0.2, 0.25) is 0 Å². The Morgan fingerprint density at radius 1 is 1.05 bits per heavy atom. The van der Waals surface area contributed by atoms with Gasteiger partial charge in [-0.1, -0.05) is 12.1 Å². The second-order valence-electron chi connectivity index (χ2n) is 7.22. The molecule has 0 unspecified atom stereocenters. The maximum Gasteiger partial charge on any atom is 0.311 e. The summed E-state index contributed by atoms with van der Waals surface area (Å²) in [4.78, 5) is 13.9. The molecule has 0 bridgehead atoms. The fraction of sp³-hybridized carbons (Fsp3) is 0.588. The summed E-state index contributed by atoms with van der Waals surface area (Å²) in [6.07, 6.45) is 0. The highest BCUT2D eigenvalue weighted by atomic mass is 16.5. The van der Waals surface area contributed by atoms with Gasteiger partial charge >= 0.3 is 5.97 Å². The summed E-state index contributed by atoms with van der Waals surface area (Å²) < 4.78 is 5.31. The molecule has 0 radical (unpaired) electrons. The average Bonchev–Trinajstić information content (AvgIpc) is 2.33. The minimum atomic E-state index is -0.452. The van der Waals surface area contributed by atoms with Crippen molar-refractivity contribution < 1.29 is 9.53 Å². The summed E-state index contributed by atoms with van der Waals surface area (Å²) in [7, 11) is 2.08. The zero-order chi connectivity index (χ0) is 15.6. The van der Waals surface area contributed by atoms with Crippen molar-refractivity contribution in [1.82, 2.24) is 0 Å². The first-order valence-corrected chi connectivity index (χ1v) is 7.02. The fourth-order valence-corrected chi connectivity index (χ4v) is 1.57. The van der Waals surface area contributed by atoms with Crippen molar-refractivity contribution in [1.29, 1.82) is 0 Å². The SMILES string of the molecule is CN(c1ccc(COC(=O)C(C)(C)C)cc1)C(C)(C)C. The van der Waals surface area contributed by atoms with Crippen LogP contribution in [0.1, 0.15) is 47.1 Å². The van der Waals surface area contributed by atoms with Gasteiger partial charge < -0.3 is 9.64 Å². The molecule has 0 saturated heterocycles. The van der Waals surface area contributed by atoms with Gasteiger partial charge in [0, 0.05) is 18.3 Å². The summed E-state index contributed by atoms with van der Waals surface area (Å²) in [6.45, 7) is 12.4. The van der Waals surface area contributed by atoms with Crippen molar-refractivity contribution in [2.24, 2.45) is 5.41 Å². The van der Waals surface area contributed by atoms with Gasteiger partial charge in [-0.3, -0.25) is 4.79 Å². The zero-order valence-electron chi connectivity index (χ0n) is 13.8. The molecule has 3 heteroatoms. The molecule has 1 aromatic rings. The Labute approximate surface area is 122 Å². The number of rotatable bonds is 3. The van der Waals surface area contributed by atoms with Crippen molar-refractivity contribution in [3.8, 4) is 0 Å². The van der Waals surface area contributed by atoms with E-state index in [1.54, 1.807) is 0 Å². The van der Waals surface area contributed by atoms with Crippen molar-refractivity contribution >= 4 is 11.7 Å². The van der Waals surface area contributed by atoms with E-state index in [0.29, 0.717) is 6.61 Å². The van der Waals surface area contributed by atoms with Crippen LogP contribution in [-0.2, 0) is 16.1 Å². The Bertz CT molecular complexity index is 449. The first-order valence-electron chi connectivity index (χ1n) is 7.02. The third-order valence-electron chi connectivity index (χ3n) is 3.31. The molecule has 112 valence electrons. The predicted octanol–water partition coefficient (Wildman–Crippen LogP) is 4.01. The Balaban J connectivity index is 2.66. The average molecular weight is 277 g/mol. The predicted molar refractivity (Wildman–Crippen MR) is 83.8 cm³/mol. The molecule has 0 N–H and O–H groups in total. The summed E-state index contributed by atoms with van der Waals surface area (Å²) in [5, 5.41) is 0. The molecule has 0 heterocycles. The normalized spacial score (nSPS) is 12.2. The highest BCUT2D eigenvalue weighted by molar-refractivity contribution is 5.75. The van der Waals surface area contributed by atoms with E-state index >= 15 is 0 Å². The molecule has 0 aliphatic heterocycles. The number of benzene rings is 1. The van der Waals surface area contributed by atoms with Gasteiger partial charge in [-0.2, -0.15) is 0 Å². The molecular formula is C17H27NO2. The van der Waals surface area contributed by atoms with E-state index in [0.717, 1.165) is 11.3 Å². The van der Waals surface area contributed by atoms with Crippen LogP contribution in [0.25, 0.3) is 0 Å². The minimum absolute atomic E-state index is 0.0835. The molecular weight excluding hydrogens is 250 g/mol. The summed E-state index contributed by atoms with van der Waals surface area (Å²) in [6, 6.07) is 8.14. The molecule has 0 atom stereocenters. The topological polar surface area (TPSA) is 29.5 Å². The third-order valence-corrected chi connectivity index (χ3v) is 3.31. The van der Waals surface area contributed by atoms with Crippen LogP contribution in [-0.4, -0.2) is 18.6 Å². The zero-order valence-corrected chi connectivity index (χ0v) is 13.8. The largest absolute Gasteiger partial charge is 0.460 e. The number of nitrogens with zero attached hydrogens (tertiary/aromatic N) is 1. The number of anilines is 1. The molecule has 3 nitrogen and oxygen atoms in total. The molecule has 0 aliphatic carbocycles. The molecule has 20 heavy (non-hydrogen) atoms. The standard InChI is InChI=1S/C17H27NO2/c1-16(2,3)15(19)20-12-13-8-10-14(11-9-13)18(7)17(4,5)6/h8-11H,12H2,1-7H3. The van der Waals surface area contributed by atoms with E-state index in [1.165, 1.54) is 0 Å². The Kier molecular flexibility index (Phi) is 4.85. The lowest BCUT2D eigenvalue weighted by molar-refractivity contribution is -0.154. The van der Waals surface area contributed by atoms with E-state index in [9.17, 15) is 4.79 Å². The minimum Gasteiger partial charge on any atom is -0.460 e. The molecule has 0 aliphatic rings. The van der Waals surface area contributed by atoms with E-state index in [4.69, 9.17) is 4.74 Å². The maximum absolute atomic E-state index is 11.7. The van der Waals surface area contributed by atoms with Crippen LogP contribution in [0.2, 0.25) is 0 Å². The van der Waals surface area contributed by atoms with Crippen LogP contribution in [0.4, 0.5) is 5.69 Å². The Hall–Kier alpha value is -1.51. The van der Waals surface area contributed by atoms with Crippen molar-refractivity contribution in [3.63, 3.8) is 0 Å². The van der Waals surface area contributed by atoms with E-state index in [2.05, 4.69) is 44.9 Å². The second kappa shape index (κ2) is 5.86. The lowest BCUT2D eigenvalue weighted by Gasteiger charge is -2.34. The molecule has 0 aromatic heterocycles. The molecule has 1 aromatic carbocycles. The Morgan fingerprint density at radius 3 is 1.95 bits per heavy atom. The van der Waals surface area contributed by atoms with E-state index in [1.807, 2.05) is 32.9 Å². The monoisotopic (exact) mass is 277 g/mol. The maximum atomic E-state index is 11.7. The highest BCUT2D eigenvalue weighted by Gasteiger charge is 2.23. The van der Waals surface area contributed by atoms with Gasteiger partial charge in [-0.25, -0.2) is 0 Å². The molecule has 0 amide bonds. The smallest absolute Gasteiger partial charge is 0.311 e. The number of ether oxygens (including phenoxy) is 1. The molecule has 0 saturated carbocycles. The first-order chi connectivity index (χ1) is 9.01. The highest BCUT2D eigenvalue weighted by Crippen LogP contribution is 2.22. The van der Waals surface area contributed by atoms with Gasteiger partial charge in [0.1, 0.15) is 6.61 Å². The first kappa shape index (κ1) is 16.5. The van der Waals surface area contributed by atoms with Crippen LogP contribution in [0.15, 0.2) is 24.3 Å². The van der Waals surface area contributed by atoms with Crippen LogP contribution in [0, 0.1) is 5.41 Å². The van der Waals surface area contributed by atoms with Crippen LogP contribution < -0.4 is 4.90 Å². The van der Waals surface area contributed by atoms with Gasteiger partial charge in [-0.15, -0.1) is 0 Å². The van der Waals surface area contributed by atoms with Crippen molar-refractivity contribution in [3.05, 3.63) is 29.8 Å². The molecule has 0 spiro atoms. The number of carbonyl (C=O) groups is 1. The van der Waals surface area contributed by atoms with Gasteiger partial charge in [-0.05, 0) is 59.2 Å². The van der Waals surface area contributed by atoms with E-state index in [-0.39, 0.29) is 11.5 Å². The number of hydrogen-bond acceptors (Lipinski definition) is 3. The molecule has 1 rings (SSSR count). The summed E-state index contributed by atoms with van der Waals surface area (Å²) >= 11 is 0. The van der Waals surface area contributed by atoms with Gasteiger partial charge in [0.15, 0.2) is 0 Å². The Morgan fingerprint density at radius 2 is 1.55 bits per heavy atom. The third kappa shape index (κ3) is 4.55. The quantitative estimate of drug-likeness (QED) is 0.782. The summed E-state index contributed by atoms with van der Waals surface area (Å²) in [5.41, 5.74) is 1.80. The lowest BCUT2D eigenvalue weighted by Crippen LogP contribution is -2.37. The molecule has 0 fully saturated rings. The number of hydrogen-bond donors (Lipinski definition) is 0. The van der Waals surface area contributed by atoms with Crippen LogP contribution in [0.5, 0.6) is 0 Å². The van der Waals surface area contributed by atoms with Crippen molar-refractivity contribution in [2.45, 2.75) is 53.7 Å². The van der Waals surface area contributed by atoms with Gasteiger partial charge in [0.25, 0.3) is 0 Å². The van der Waals surface area contributed by atoms with Crippen LogP contribution in [0.3, 0.4) is 0 Å². The number of carbonyl (C=O) groups excluding carboxylic acids is 1. The van der Waals surface area contributed by atoms with Crippen LogP contribution >= 0.6 is 0 Å². The lowest BCUT2D eigenvalue weighted by atomic mass is 9.97. The van der Waals surface area contributed by atoms with Crippen molar-refractivity contribution in [2.75, 3.05) is 11.9 Å². The number of esters is 1. The fourth-order valence-electron chi connectivity index (χ4n) is 1.57. The van der Waals surface area contributed by atoms with Gasteiger partial charge in [0.05, 0.1) is 5.41 Å². The summed E-state index contributed by atoms with van der Waals surface area (Å²) in [5.74, 6) is -0.173.